The van der Waals surface area contributed by atoms with Crippen LogP contribution in [0.25, 0.3) is 0 Å². The Labute approximate surface area is 168 Å². The fourth-order valence-electron chi connectivity index (χ4n) is 3.66. The van der Waals surface area contributed by atoms with E-state index in [1.165, 1.54) is 29.7 Å². The maximum absolute atomic E-state index is 12.9. The summed E-state index contributed by atoms with van der Waals surface area (Å²) >= 11 is 0. The molecule has 1 aromatic heterocycles. The van der Waals surface area contributed by atoms with Gasteiger partial charge in [-0.1, -0.05) is 31.9 Å². The molecule has 1 N–H and O–H groups in total. The smallest absolute Gasteiger partial charge is 0.254 e. The second-order valence-corrected chi connectivity index (χ2v) is 7.56. The molecule has 1 aliphatic heterocycles. The highest BCUT2D eigenvalue weighted by Gasteiger charge is 2.23. The predicted octanol–water partition coefficient (Wildman–Crippen LogP) is 4.26. The molecule has 2 heterocycles. The summed E-state index contributed by atoms with van der Waals surface area (Å²) in [6, 6.07) is 10.1. The normalized spacial score (nSPS) is 14.2. The lowest BCUT2D eigenvalue weighted by Crippen LogP contribution is -2.49. The molecule has 0 saturated carbocycles. The van der Waals surface area contributed by atoms with Gasteiger partial charge in [-0.25, -0.2) is 4.98 Å². The Bertz CT molecular complexity index is 797. The second kappa shape index (κ2) is 9.58. The van der Waals surface area contributed by atoms with E-state index in [1.807, 2.05) is 17.0 Å². The van der Waals surface area contributed by atoms with E-state index in [9.17, 15) is 4.79 Å². The first-order chi connectivity index (χ1) is 13.6. The number of carbonyl (C=O) groups excluding carboxylic acids is 1. The van der Waals surface area contributed by atoms with Crippen molar-refractivity contribution in [2.75, 3.05) is 42.9 Å². The number of nitrogens with one attached hydrogen (secondary N) is 1. The third kappa shape index (κ3) is 4.83. The van der Waals surface area contributed by atoms with Crippen molar-refractivity contribution >= 4 is 17.4 Å². The van der Waals surface area contributed by atoms with Crippen LogP contribution in [0, 0.1) is 13.8 Å². The molecule has 3 rings (SSSR count). The molecule has 0 atom stereocenters. The van der Waals surface area contributed by atoms with Crippen LogP contribution in [0.3, 0.4) is 0 Å². The number of benzene rings is 1. The van der Waals surface area contributed by atoms with Gasteiger partial charge in [-0.2, -0.15) is 0 Å². The summed E-state index contributed by atoms with van der Waals surface area (Å²) in [7, 11) is 0. The van der Waals surface area contributed by atoms with Gasteiger partial charge in [-0.15, -0.1) is 0 Å². The van der Waals surface area contributed by atoms with Crippen LogP contribution < -0.4 is 10.2 Å². The lowest BCUT2D eigenvalue weighted by atomic mass is 10.1. The molecule has 1 aromatic carbocycles. The van der Waals surface area contributed by atoms with Gasteiger partial charge in [0.25, 0.3) is 5.91 Å². The van der Waals surface area contributed by atoms with Gasteiger partial charge < -0.3 is 15.1 Å². The van der Waals surface area contributed by atoms with Crippen LogP contribution >= 0.6 is 0 Å². The van der Waals surface area contributed by atoms with Crippen LogP contribution in [-0.2, 0) is 0 Å². The quantitative estimate of drug-likeness (QED) is 0.729. The number of aromatic nitrogens is 1. The zero-order chi connectivity index (χ0) is 19.9. The maximum atomic E-state index is 12.9. The number of piperazine rings is 1. The van der Waals surface area contributed by atoms with Crippen molar-refractivity contribution in [2.24, 2.45) is 0 Å². The monoisotopic (exact) mass is 380 g/mol. The lowest BCUT2D eigenvalue weighted by Gasteiger charge is -2.37. The van der Waals surface area contributed by atoms with Gasteiger partial charge in [-0.05, 0) is 49.6 Å². The first-order valence-electron chi connectivity index (χ1n) is 10.4. The lowest BCUT2D eigenvalue weighted by molar-refractivity contribution is 0.0746. The molecular formula is C23H32N4O. The summed E-state index contributed by atoms with van der Waals surface area (Å²) in [5, 5.41) is 3.33. The van der Waals surface area contributed by atoms with Crippen LogP contribution in [0.4, 0.5) is 11.5 Å². The standard InChI is InChI=1S/C23H32N4O/c1-4-5-6-11-24-22-17-20(10-12-25-22)23(28)27-15-13-26(14-16-27)21-9-7-8-18(2)19(21)3/h7-10,12,17H,4-6,11,13-16H2,1-3H3,(H,24,25). The third-order valence-electron chi connectivity index (χ3n) is 5.58. The Kier molecular flexibility index (Phi) is 6.90. The van der Waals surface area contributed by atoms with Gasteiger partial charge in [0.2, 0.25) is 0 Å². The highest BCUT2D eigenvalue weighted by atomic mass is 16.2. The molecule has 0 aliphatic carbocycles. The van der Waals surface area contributed by atoms with Crippen molar-refractivity contribution in [3.05, 3.63) is 53.2 Å². The summed E-state index contributed by atoms with van der Waals surface area (Å²) in [5.41, 5.74) is 4.64. The van der Waals surface area contributed by atoms with Crippen LogP contribution in [0.5, 0.6) is 0 Å². The number of carbonyl (C=O) groups is 1. The largest absolute Gasteiger partial charge is 0.370 e. The van der Waals surface area contributed by atoms with E-state index in [0.29, 0.717) is 5.56 Å². The fourth-order valence-corrected chi connectivity index (χ4v) is 3.66. The van der Waals surface area contributed by atoms with E-state index in [2.05, 4.69) is 54.2 Å². The van der Waals surface area contributed by atoms with E-state index < -0.39 is 0 Å². The summed E-state index contributed by atoms with van der Waals surface area (Å²) in [6.45, 7) is 10.6. The van der Waals surface area contributed by atoms with Crippen LogP contribution in [0.1, 0.15) is 47.7 Å². The zero-order valence-corrected chi connectivity index (χ0v) is 17.4. The van der Waals surface area contributed by atoms with Crippen LogP contribution in [-0.4, -0.2) is 48.5 Å². The highest BCUT2D eigenvalue weighted by molar-refractivity contribution is 5.95. The summed E-state index contributed by atoms with van der Waals surface area (Å²) in [5.74, 6) is 0.885. The number of anilines is 2. The third-order valence-corrected chi connectivity index (χ3v) is 5.58. The fraction of sp³-hybridized carbons (Fsp3) is 0.478. The Balaban J connectivity index is 1.58. The number of amides is 1. The topological polar surface area (TPSA) is 48.5 Å². The average Bonchev–Trinajstić information content (AvgIpc) is 2.73. The first kappa shape index (κ1) is 20.2. The minimum Gasteiger partial charge on any atom is -0.370 e. The molecule has 150 valence electrons. The average molecular weight is 381 g/mol. The maximum Gasteiger partial charge on any atom is 0.254 e. The minimum atomic E-state index is 0.0969. The van der Waals surface area contributed by atoms with E-state index in [0.717, 1.165) is 45.0 Å². The van der Waals surface area contributed by atoms with Crippen molar-refractivity contribution < 1.29 is 4.79 Å². The minimum absolute atomic E-state index is 0.0969. The SMILES string of the molecule is CCCCCNc1cc(C(=O)N2CCN(c3cccc(C)c3C)CC2)ccn1. The molecule has 0 bridgehead atoms. The number of nitrogens with zero attached hydrogens (tertiary/aromatic N) is 3. The molecule has 0 radical (unpaired) electrons. The Hall–Kier alpha value is -2.56. The van der Waals surface area contributed by atoms with E-state index >= 15 is 0 Å². The number of rotatable bonds is 7. The number of pyridine rings is 1. The van der Waals surface area contributed by atoms with Crippen molar-refractivity contribution in [1.29, 1.82) is 0 Å². The second-order valence-electron chi connectivity index (χ2n) is 7.56. The molecule has 0 spiro atoms. The molecule has 28 heavy (non-hydrogen) atoms. The molecule has 0 unspecified atom stereocenters. The Morgan fingerprint density at radius 3 is 2.64 bits per heavy atom. The van der Waals surface area contributed by atoms with Crippen LogP contribution in [0.15, 0.2) is 36.5 Å². The van der Waals surface area contributed by atoms with Gasteiger partial charge in [0.15, 0.2) is 0 Å². The number of aryl methyl sites for hydroxylation is 1. The Morgan fingerprint density at radius 1 is 1.11 bits per heavy atom. The van der Waals surface area contributed by atoms with Gasteiger partial charge in [0, 0.05) is 50.2 Å². The summed E-state index contributed by atoms with van der Waals surface area (Å²) in [4.78, 5) is 21.6. The Morgan fingerprint density at radius 2 is 1.89 bits per heavy atom. The molecule has 2 aromatic rings. The van der Waals surface area contributed by atoms with E-state index in [-0.39, 0.29) is 5.91 Å². The molecule has 1 saturated heterocycles. The summed E-state index contributed by atoms with van der Waals surface area (Å²) < 4.78 is 0. The molecular weight excluding hydrogens is 348 g/mol. The molecule has 5 heteroatoms. The van der Waals surface area contributed by atoms with Crippen molar-refractivity contribution in [3.63, 3.8) is 0 Å². The van der Waals surface area contributed by atoms with Gasteiger partial charge in [0.1, 0.15) is 5.82 Å². The van der Waals surface area contributed by atoms with E-state index in [4.69, 9.17) is 0 Å². The van der Waals surface area contributed by atoms with Crippen LogP contribution in [0.2, 0.25) is 0 Å². The number of hydrogen-bond donors (Lipinski definition) is 1. The van der Waals surface area contributed by atoms with Gasteiger partial charge in [0.05, 0.1) is 0 Å². The van der Waals surface area contributed by atoms with E-state index in [1.54, 1.807) is 6.20 Å². The van der Waals surface area contributed by atoms with Crippen molar-refractivity contribution in [3.8, 4) is 0 Å². The summed E-state index contributed by atoms with van der Waals surface area (Å²) in [6.07, 6.45) is 5.25. The predicted molar refractivity (Wildman–Crippen MR) is 116 cm³/mol. The van der Waals surface area contributed by atoms with Crippen molar-refractivity contribution in [1.82, 2.24) is 9.88 Å². The molecule has 1 fully saturated rings. The number of unbranched alkanes of at least 4 members (excludes halogenated alkanes) is 2. The van der Waals surface area contributed by atoms with Gasteiger partial charge in [-0.3, -0.25) is 4.79 Å². The van der Waals surface area contributed by atoms with Crippen molar-refractivity contribution in [2.45, 2.75) is 40.0 Å². The zero-order valence-electron chi connectivity index (χ0n) is 17.4. The molecule has 1 amide bonds. The number of hydrogen-bond acceptors (Lipinski definition) is 4. The van der Waals surface area contributed by atoms with Gasteiger partial charge >= 0.3 is 0 Å². The first-order valence-corrected chi connectivity index (χ1v) is 10.4. The highest BCUT2D eigenvalue weighted by Crippen LogP contribution is 2.24. The molecule has 1 aliphatic rings. The molecule has 5 nitrogen and oxygen atoms in total.